The van der Waals surface area contributed by atoms with Crippen LogP contribution in [0.1, 0.15) is 18.5 Å². The lowest BCUT2D eigenvalue weighted by Crippen LogP contribution is -2.69. The van der Waals surface area contributed by atoms with E-state index >= 15 is 0 Å². The summed E-state index contributed by atoms with van der Waals surface area (Å²) in [6.07, 6.45) is 2.67. The maximum atomic E-state index is 6.28. The summed E-state index contributed by atoms with van der Waals surface area (Å²) in [7, 11) is 0. The van der Waals surface area contributed by atoms with Crippen LogP contribution in [-0.2, 0) is 0 Å². The number of hydrogen-bond donors (Lipinski definition) is 1. The highest BCUT2D eigenvalue weighted by atomic mass is 32.1. The number of thiazole rings is 1. The first-order chi connectivity index (χ1) is 6.67. The number of hydrogen-bond acceptors (Lipinski definition) is 4. The van der Waals surface area contributed by atoms with E-state index in [1.807, 2.05) is 6.92 Å². The number of anilines is 1. The second kappa shape index (κ2) is 2.70. The first-order valence-electron chi connectivity index (χ1n) is 5.13. The molecule has 2 N–H and O–H groups in total. The smallest absolute Gasteiger partial charge is 0.185 e. The van der Waals surface area contributed by atoms with E-state index in [1.54, 1.807) is 11.3 Å². The minimum atomic E-state index is 0.111. The molecule has 0 spiro atoms. The maximum Gasteiger partial charge on any atom is 0.185 e. The van der Waals surface area contributed by atoms with Crippen LogP contribution in [-0.4, -0.2) is 23.6 Å². The van der Waals surface area contributed by atoms with E-state index in [1.165, 1.54) is 12.8 Å². The summed E-state index contributed by atoms with van der Waals surface area (Å²) in [6, 6.07) is 0. The zero-order valence-electron chi connectivity index (χ0n) is 8.36. The Kier molecular flexibility index (Phi) is 1.67. The van der Waals surface area contributed by atoms with Crippen molar-refractivity contribution in [1.29, 1.82) is 0 Å². The van der Waals surface area contributed by atoms with Gasteiger partial charge in [-0.2, -0.15) is 0 Å². The quantitative estimate of drug-likeness (QED) is 0.800. The molecule has 3 nitrogen and oxygen atoms in total. The van der Waals surface area contributed by atoms with Crippen molar-refractivity contribution in [3.8, 4) is 0 Å². The van der Waals surface area contributed by atoms with Gasteiger partial charge in [0.25, 0.3) is 0 Å². The molecule has 1 saturated carbocycles. The third kappa shape index (κ3) is 1.25. The van der Waals surface area contributed by atoms with Crippen LogP contribution in [0.2, 0.25) is 0 Å². The lowest BCUT2D eigenvalue weighted by Gasteiger charge is -2.48. The topological polar surface area (TPSA) is 42.1 Å². The third-order valence-electron chi connectivity index (χ3n) is 3.24. The Morgan fingerprint density at radius 1 is 1.57 bits per heavy atom. The molecule has 0 amide bonds. The number of aryl methyl sites for hydroxylation is 1. The average Bonchev–Trinajstić information content (AvgIpc) is 2.85. The second-order valence-electron chi connectivity index (χ2n) is 4.63. The molecule has 0 atom stereocenters. The molecule has 1 aromatic rings. The van der Waals surface area contributed by atoms with Crippen LogP contribution in [0.15, 0.2) is 5.38 Å². The van der Waals surface area contributed by atoms with Crippen LogP contribution in [0, 0.1) is 12.8 Å². The standard InChI is InChI=1S/C10H15N3S/c1-7-4-14-9(12-7)13-5-10(11,6-13)8-2-3-8/h4,8H,2-3,5-6,11H2,1H3. The highest BCUT2D eigenvalue weighted by molar-refractivity contribution is 7.13. The molecule has 3 rings (SSSR count). The van der Waals surface area contributed by atoms with Gasteiger partial charge in [0, 0.05) is 18.5 Å². The van der Waals surface area contributed by atoms with E-state index in [2.05, 4.69) is 15.3 Å². The Morgan fingerprint density at radius 2 is 2.29 bits per heavy atom. The average molecular weight is 209 g/mol. The first kappa shape index (κ1) is 8.68. The van der Waals surface area contributed by atoms with Gasteiger partial charge in [-0.3, -0.25) is 0 Å². The molecule has 4 heteroatoms. The Balaban J connectivity index is 1.68. The molecule has 14 heavy (non-hydrogen) atoms. The fraction of sp³-hybridized carbons (Fsp3) is 0.700. The molecule has 0 unspecified atom stereocenters. The summed E-state index contributed by atoms with van der Waals surface area (Å²) in [5.74, 6) is 0.791. The predicted molar refractivity (Wildman–Crippen MR) is 58.7 cm³/mol. The molecule has 2 heterocycles. The van der Waals surface area contributed by atoms with Crippen LogP contribution < -0.4 is 10.6 Å². The van der Waals surface area contributed by atoms with Gasteiger partial charge in [0.2, 0.25) is 0 Å². The minimum absolute atomic E-state index is 0.111. The van der Waals surface area contributed by atoms with Crippen molar-refractivity contribution < 1.29 is 0 Å². The molecule has 1 aliphatic heterocycles. The van der Waals surface area contributed by atoms with Crippen LogP contribution in [0.25, 0.3) is 0 Å². The van der Waals surface area contributed by atoms with Gasteiger partial charge in [-0.25, -0.2) is 4.98 Å². The number of nitrogens with zero attached hydrogens (tertiary/aromatic N) is 2. The zero-order chi connectivity index (χ0) is 9.76. The van der Waals surface area contributed by atoms with Crippen LogP contribution in [0.4, 0.5) is 5.13 Å². The van der Waals surface area contributed by atoms with Gasteiger partial charge in [0.1, 0.15) is 0 Å². The maximum absolute atomic E-state index is 6.28. The fourth-order valence-electron chi connectivity index (χ4n) is 2.20. The number of nitrogens with two attached hydrogens (primary N) is 1. The number of aromatic nitrogens is 1. The lowest BCUT2D eigenvalue weighted by molar-refractivity contribution is 0.290. The first-order valence-corrected chi connectivity index (χ1v) is 6.01. The molecular formula is C10H15N3S. The van der Waals surface area contributed by atoms with Gasteiger partial charge in [-0.05, 0) is 25.7 Å². The Morgan fingerprint density at radius 3 is 2.79 bits per heavy atom. The van der Waals surface area contributed by atoms with E-state index in [9.17, 15) is 0 Å². The molecule has 1 saturated heterocycles. The van der Waals surface area contributed by atoms with E-state index < -0.39 is 0 Å². The summed E-state index contributed by atoms with van der Waals surface area (Å²) in [6.45, 7) is 4.05. The van der Waals surface area contributed by atoms with E-state index in [0.717, 1.165) is 29.8 Å². The van der Waals surface area contributed by atoms with E-state index in [4.69, 9.17) is 5.73 Å². The molecule has 0 bridgehead atoms. The monoisotopic (exact) mass is 209 g/mol. The minimum Gasteiger partial charge on any atom is -0.344 e. The van der Waals surface area contributed by atoms with Gasteiger partial charge in [-0.15, -0.1) is 11.3 Å². The Hall–Kier alpha value is -0.610. The van der Waals surface area contributed by atoms with E-state index in [0.29, 0.717) is 0 Å². The molecule has 0 radical (unpaired) electrons. The normalized spacial score (nSPS) is 24.9. The van der Waals surface area contributed by atoms with Crippen molar-refractivity contribution in [1.82, 2.24) is 4.98 Å². The second-order valence-corrected chi connectivity index (χ2v) is 5.47. The van der Waals surface area contributed by atoms with Crippen molar-refractivity contribution in [2.24, 2.45) is 11.7 Å². The SMILES string of the molecule is Cc1csc(N2CC(N)(C3CC3)C2)n1. The molecule has 2 aliphatic rings. The largest absolute Gasteiger partial charge is 0.344 e. The van der Waals surface area contributed by atoms with Gasteiger partial charge in [-0.1, -0.05) is 0 Å². The van der Waals surface area contributed by atoms with Crippen LogP contribution in [0.3, 0.4) is 0 Å². The van der Waals surface area contributed by atoms with Crippen molar-refractivity contribution >= 4 is 16.5 Å². The van der Waals surface area contributed by atoms with Crippen molar-refractivity contribution in [2.45, 2.75) is 25.3 Å². The number of rotatable bonds is 2. The Bertz CT molecular complexity index is 350. The van der Waals surface area contributed by atoms with Crippen molar-refractivity contribution in [3.63, 3.8) is 0 Å². The van der Waals surface area contributed by atoms with Gasteiger partial charge < -0.3 is 10.6 Å². The highest BCUT2D eigenvalue weighted by Gasteiger charge is 2.50. The molecular weight excluding hydrogens is 194 g/mol. The van der Waals surface area contributed by atoms with Crippen LogP contribution in [0.5, 0.6) is 0 Å². The summed E-state index contributed by atoms with van der Waals surface area (Å²) in [5.41, 5.74) is 7.51. The predicted octanol–water partition coefficient (Wildman–Crippen LogP) is 1.38. The Labute approximate surface area is 87.9 Å². The fourth-order valence-corrected chi connectivity index (χ4v) is 3.01. The van der Waals surface area contributed by atoms with Gasteiger partial charge in [0.15, 0.2) is 5.13 Å². The zero-order valence-corrected chi connectivity index (χ0v) is 9.18. The molecule has 2 fully saturated rings. The van der Waals surface area contributed by atoms with Crippen LogP contribution >= 0.6 is 11.3 Å². The molecule has 0 aromatic carbocycles. The summed E-state index contributed by atoms with van der Waals surface area (Å²) in [5, 5.41) is 3.24. The lowest BCUT2D eigenvalue weighted by atomic mass is 9.86. The van der Waals surface area contributed by atoms with E-state index in [-0.39, 0.29) is 5.54 Å². The summed E-state index contributed by atoms with van der Waals surface area (Å²) >= 11 is 1.73. The van der Waals surface area contributed by atoms with Crippen molar-refractivity contribution in [2.75, 3.05) is 18.0 Å². The summed E-state index contributed by atoms with van der Waals surface area (Å²) in [4.78, 5) is 6.77. The summed E-state index contributed by atoms with van der Waals surface area (Å²) < 4.78 is 0. The molecule has 76 valence electrons. The molecule has 1 aliphatic carbocycles. The third-order valence-corrected chi connectivity index (χ3v) is 4.26. The highest BCUT2D eigenvalue weighted by Crippen LogP contribution is 2.44. The van der Waals surface area contributed by atoms with Gasteiger partial charge in [0.05, 0.1) is 11.2 Å². The molecule has 1 aromatic heterocycles. The van der Waals surface area contributed by atoms with Crippen molar-refractivity contribution in [3.05, 3.63) is 11.1 Å². The van der Waals surface area contributed by atoms with Gasteiger partial charge >= 0.3 is 0 Å².